The van der Waals surface area contributed by atoms with Gasteiger partial charge < -0.3 is 23.8 Å². The number of benzene rings is 1. The molecule has 0 amide bonds. The van der Waals surface area contributed by atoms with Gasteiger partial charge in [-0.3, -0.25) is 23.7 Å². The van der Waals surface area contributed by atoms with Crippen LogP contribution in [0.5, 0.6) is 5.75 Å². The minimum atomic E-state index is -4.25. The number of carbonyl (C=O) groups is 1. The molecular formula is C22H28N3O10P. The monoisotopic (exact) mass is 525 g/mol. The zero-order valence-electron chi connectivity index (χ0n) is 19.9. The van der Waals surface area contributed by atoms with E-state index in [1.165, 1.54) is 27.2 Å². The summed E-state index contributed by atoms with van der Waals surface area (Å²) in [6.07, 6.45) is -1.83. The van der Waals surface area contributed by atoms with Gasteiger partial charge in [-0.05, 0) is 26.0 Å². The zero-order chi connectivity index (χ0) is 26.1. The van der Waals surface area contributed by atoms with Crippen LogP contribution >= 0.6 is 7.75 Å². The minimum absolute atomic E-state index is 0.207. The molecule has 0 aliphatic carbocycles. The van der Waals surface area contributed by atoms with Crippen LogP contribution in [0.4, 0.5) is 0 Å². The highest BCUT2D eigenvalue weighted by molar-refractivity contribution is 7.52. The summed E-state index contributed by atoms with van der Waals surface area (Å²) in [7, 11) is -3.06. The van der Waals surface area contributed by atoms with Crippen LogP contribution in [0.1, 0.15) is 26.5 Å². The van der Waals surface area contributed by atoms with Crippen LogP contribution in [-0.2, 0) is 28.1 Å². The fourth-order valence-corrected chi connectivity index (χ4v) is 5.82. The molecule has 1 aromatic carbocycles. The van der Waals surface area contributed by atoms with Crippen molar-refractivity contribution in [2.45, 2.75) is 49.8 Å². The Bertz CT molecular complexity index is 1260. The van der Waals surface area contributed by atoms with Crippen LogP contribution in [0.2, 0.25) is 0 Å². The lowest BCUT2D eigenvalue weighted by Crippen LogP contribution is -2.57. The van der Waals surface area contributed by atoms with Gasteiger partial charge >= 0.3 is 19.4 Å². The fourth-order valence-electron chi connectivity index (χ4n) is 4.14. The molecule has 14 heteroatoms. The van der Waals surface area contributed by atoms with Gasteiger partial charge in [0.2, 0.25) is 0 Å². The summed E-state index contributed by atoms with van der Waals surface area (Å²) in [6.45, 7) is 2.77. The molecule has 4 rings (SSSR count). The molecule has 2 aromatic rings. The Morgan fingerprint density at radius 2 is 2.00 bits per heavy atom. The molecule has 0 bridgehead atoms. The van der Waals surface area contributed by atoms with Crippen molar-refractivity contribution in [3.8, 4) is 5.75 Å². The van der Waals surface area contributed by atoms with Crippen molar-refractivity contribution in [1.82, 2.24) is 14.6 Å². The summed E-state index contributed by atoms with van der Waals surface area (Å²) in [5, 5.41) is 13.6. The highest BCUT2D eigenvalue weighted by atomic mass is 31.2. The van der Waals surface area contributed by atoms with Crippen molar-refractivity contribution in [3.63, 3.8) is 0 Å². The van der Waals surface area contributed by atoms with E-state index in [1.54, 1.807) is 30.3 Å². The number of H-pyrrole nitrogens is 1. The third-order valence-corrected chi connectivity index (χ3v) is 7.80. The average molecular weight is 525 g/mol. The number of nitrogens with zero attached hydrogens (tertiary/aromatic N) is 1. The standard InChI is InChI=1S/C22H28N3O10P/c1-21(2,19(28)31-3)24-36(30,35-14-7-5-4-6-8-14)33-13-15-17(27)22(10-12-32-22)18(34-15)25-11-9-16(26)23-20(25)29/h4-9,11,15,17-18,27H,10,12-13H2,1-3H3,(H,24,30)(H,23,26,29)/t15?,17-,18-,22-,36?/m1/s1. The number of hydrogen-bond acceptors (Lipinski definition) is 10. The molecule has 1 spiro atoms. The van der Waals surface area contributed by atoms with Crippen molar-refractivity contribution >= 4 is 13.7 Å². The molecule has 2 aliphatic rings. The minimum Gasteiger partial charge on any atom is -0.468 e. The topological polar surface area (TPSA) is 167 Å². The first-order chi connectivity index (χ1) is 17.0. The van der Waals surface area contributed by atoms with Crippen molar-refractivity contribution in [2.24, 2.45) is 0 Å². The van der Waals surface area contributed by atoms with Crippen LogP contribution < -0.4 is 20.9 Å². The van der Waals surface area contributed by atoms with E-state index in [9.17, 15) is 24.1 Å². The van der Waals surface area contributed by atoms with Crippen molar-refractivity contribution in [3.05, 3.63) is 63.4 Å². The largest absolute Gasteiger partial charge is 0.468 e. The van der Waals surface area contributed by atoms with E-state index in [2.05, 4.69) is 10.1 Å². The Labute approximate surface area is 205 Å². The number of aliphatic hydroxyl groups excluding tert-OH is 1. The fraction of sp³-hybridized carbons (Fsp3) is 0.500. The van der Waals surface area contributed by atoms with Crippen molar-refractivity contribution in [2.75, 3.05) is 20.3 Å². The highest BCUT2D eigenvalue weighted by Gasteiger charge is 2.62. The van der Waals surface area contributed by atoms with Crippen LogP contribution in [-0.4, -0.2) is 64.3 Å². The first kappa shape index (κ1) is 26.3. The summed E-state index contributed by atoms with van der Waals surface area (Å²) in [5.74, 6) is -0.502. The number of nitrogens with one attached hydrogen (secondary N) is 2. The molecule has 2 fully saturated rings. The van der Waals surface area contributed by atoms with Gasteiger partial charge in [0, 0.05) is 18.7 Å². The molecule has 1 aromatic heterocycles. The molecule has 3 heterocycles. The molecule has 5 atom stereocenters. The smallest absolute Gasteiger partial charge is 0.459 e. The first-order valence-electron chi connectivity index (χ1n) is 11.2. The SMILES string of the molecule is COC(=O)C(C)(C)NP(=O)(OCC1O[C@@H](n2ccc(=O)[nH]c2=O)[C@@]2(CCO2)[C@@H]1O)Oc1ccccc1. The van der Waals surface area contributed by atoms with Gasteiger partial charge in [0.05, 0.1) is 20.3 Å². The lowest BCUT2D eigenvalue weighted by atomic mass is 9.86. The third kappa shape index (κ3) is 5.03. The summed E-state index contributed by atoms with van der Waals surface area (Å²) >= 11 is 0. The van der Waals surface area contributed by atoms with Gasteiger partial charge in [-0.2, -0.15) is 5.09 Å². The van der Waals surface area contributed by atoms with Gasteiger partial charge in [-0.15, -0.1) is 0 Å². The second-order valence-corrected chi connectivity index (χ2v) is 10.6. The number of methoxy groups -OCH3 is 1. The van der Waals surface area contributed by atoms with E-state index in [1.807, 2.05) is 0 Å². The number of aromatic amines is 1. The predicted octanol–water partition coefficient (Wildman–Crippen LogP) is 0.699. The summed E-state index contributed by atoms with van der Waals surface area (Å²) in [5.41, 5.74) is -4.05. The second-order valence-electron chi connectivity index (χ2n) is 8.97. The highest BCUT2D eigenvalue weighted by Crippen LogP contribution is 2.51. The van der Waals surface area contributed by atoms with Crippen LogP contribution in [0.25, 0.3) is 0 Å². The summed E-state index contributed by atoms with van der Waals surface area (Å²) < 4.78 is 42.5. The number of carbonyl (C=O) groups excluding carboxylic acids is 1. The van der Waals surface area contributed by atoms with Crippen molar-refractivity contribution in [1.29, 1.82) is 0 Å². The number of aliphatic hydroxyl groups is 1. The van der Waals surface area contributed by atoms with Gasteiger partial charge in [-0.1, -0.05) is 18.2 Å². The molecule has 2 saturated heterocycles. The lowest BCUT2D eigenvalue weighted by molar-refractivity contribution is -0.227. The average Bonchev–Trinajstić information content (AvgIpc) is 3.09. The zero-order valence-corrected chi connectivity index (χ0v) is 20.8. The maximum Gasteiger partial charge on any atom is 0.459 e. The number of esters is 1. The van der Waals surface area contributed by atoms with Crippen molar-refractivity contribution < 1.29 is 37.7 Å². The number of aromatic nitrogens is 2. The van der Waals surface area contributed by atoms with Gasteiger partial charge in [0.25, 0.3) is 5.56 Å². The van der Waals surface area contributed by atoms with Crippen LogP contribution in [0.3, 0.4) is 0 Å². The van der Waals surface area contributed by atoms with Gasteiger partial charge in [0.1, 0.15) is 29.1 Å². The Morgan fingerprint density at radius 3 is 2.58 bits per heavy atom. The maximum atomic E-state index is 13.7. The summed E-state index contributed by atoms with van der Waals surface area (Å²) in [4.78, 5) is 38.2. The van der Waals surface area contributed by atoms with Crippen LogP contribution in [0, 0.1) is 0 Å². The molecule has 196 valence electrons. The van der Waals surface area contributed by atoms with Gasteiger partial charge in [-0.25, -0.2) is 9.36 Å². The van der Waals surface area contributed by atoms with E-state index in [0.717, 1.165) is 10.6 Å². The first-order valence-corrected chi connectivity index (χ1v) is 12.7. The Hall–Kier alpha value is -2.80. The number of hydrogen-bond donors (Lipinski definition) is 3. The Kier molecular flexibility index (Phi) is 7.24. The van der Waals surface area contributed by atoms with Gasteiger partial charge in [0.15, 0.2) is 6.23 Å². The van der Waals surface area contributed by atoms with E-state index in [4.69, 9.17) is 23.3 Å². The molecule has 2 unspecified atom stereocenters. The number of rotatable bonds is 9. The lowest BCUT2D eigenvalue weighted by Gasteiger charge is -2.44. The Morgan fingerprint density at radius 1 is 1.31 bits per heavy atom. The quantitative estimate of drug-likeness (QED) is 0.311. The van der Waals surface area contributed by atoms with E-state index in [0.29, 0.717) is 13.0 Å². The van der Waals surface area contributed by atoms with E-state index >= 15 is 0 Å². The third-order valence-electron chi connectivity index (χ3n) is 6.03. The van der Waals surface area contributed by atoms with E-state index in [-0.39, 0.29) is 5.75 Å². The maximum absolute atomic E-state index is 13.7. The molecule has 0 saturated carbocycles. The number of ether oxygens (including phenoxy) is 3. The molecule has 13 nitrogen and oxygen atoms in total. The summed E-state index contributed by atoms with van der Waals surface area (Å²) in [6, 6.07) is 9.33. The second kappa shape index (κ2) is 9.92. The number of para-hydroxylation sites is 1. The van der Waals surface area contributed by atoms with Crippen LogP contribution in [0.15, 0.2) is 52.2 Å². The molecule has 3 N–H and O–H groups in total. The Balaban J connectivity index is 1.57. The normalized spacial score (nSPS) is 27.3. The molecule has 2 aliphatic heterocycles. The molecule has 36 heavy (non-hydrogen) atoms. The van der Waals surface area contributed by atoms with E-state index < -0.39 is 61.1 Å². The predicted molar refractivity (Wildman–Crippen MR) is 124 cm³/mol. The molecule has 0 radical (unpaired) electrons. The molecular weight excluding hydrogens is 497 g/mol.